The molecule has 0 spiro atoms. The molecule has 1 aliphatic heterocycles. The lowest BCUT2D eigenvalue weighted by Crippen LogP contribution is -2.55. The monoisotopic (exact) mass is 247 g/mol. The third-order valence-corrected chi connectivity index (χ3v) is 3.70. The second kappa shape index (κ2) is 4.67. The number of nitrogens with one attached hydrogen (secondary N) is 1. The fourth-order valence-corrected chi connectivity index (χ4v) is 2.67. The van der Waals surface area contributed by atoms with Crippen LogP contribution in [0.2, 0.25) is 0 Å². The summed E-state index contributed by atoms with van der Waals surface area (Å²) < 4.78 is 6.29. The Labute approximate surface area is 111 Å². The molecule has 0 radical (unpaired) electrons. The smallest absolute Gasteiger partial charge is 0.103 e. The molecular formula is C16H25NO. The van der Waals surface area contributed by atoms with Crippen molar-refractivity contribution in [3.63, 3.8) is 0 Å². The van der Waals surface area contributed by atoms with Crippen LogP contribution in [0.5, 0.6) is 0 Å². The SMILES string of the molecule is CC(C)c1ccc(C2(C)CNCC(C)(C)O2)cc1. The van der Waals surface area contributed by atoms with Gasteiger partial charge < -0.3 is 10.1 Å². The summed E-state index contributed by atoms with van der Waals surface area (Å²) in [6.45, 7) is 12.7. The Morgan fingerprint density at radius 3 is 2.17 bits per heavy atom. The Balaban J connectivity index is 2.24. The summed E-state index contributed by atoms with van der Waals surface area (Å²) in [5, 5.41) is 3.48. The van der Waals surface area contributed by atoms with Crippen LogP contribution in [-0.4, -0.2) is 18.7 Å². The first-order chi connectivity index (χ1) is 8.32. The van der Waals surface area contributed by atoms with E-state index < -0.39 is 0 Å². The molecule has 1 fully saturated rings. The molecule has 100 valence electrons. The summed E-state index contributed by atoms with van der Waals surface area (Å²) in [5.41, 5.74) is 2.30. The standard InChI is InChI=1S/C16H25NO/c1-12(2)13-6-8-14(9-7-13)16(5)11-17-10-15(3,4)18-16/h6-9,12,17H,10-11H2,1-5H3. The van der Waals surface area contributed by atoms with Gasteiger partial charge in [-0.15, -0.1) is 0 Å². The van der Waals surface area contributed by atoms with Crippen LogP contribution in [0, 0.1) is 0 Å². The van der Waals surface area contributed by atoms with Crippen molar-refractivity contribution in [3.8, 4) is 0 Å². The van der Waals surface area contributed by atoms with Crippen molar-refractivity contribution in [2.75, 3.05) is 13.1 Å². The zero-order valence-corrected chi connectivity index (χ0v) is 12.2. The average Bonchev–Trinajstić information content (AvgIpc) is 2.27. The molecule has 0 aromatic heterocycles. The van der Waals surface area contributed by atoms with E-state index in [4.69, 9.17) is 4.74 Å². The molecule has 2 rings (SSSR count). The van der Waals surface area contributed by atoms with Crippen molar-refractivity contribution in [1.29, 1.82) is 0 Å². The van der Waals surface area contributed by atoms with Gasteiger partial charge in [0.25, 0.3) is 0 Å². The summed E-state index contributed by atoms with van der Waals surface area (Å²) in [5.74, 6) is 0.577. The van der Waals surface area contributed by atoms with Crippen molar-refractivity contribution < 1.29 is 4.74 Å². The van der Waals surface area contributed by atoms with Crippen molar-refractivity contribution in [3.05, 3.63) is 35.4 Å². The Bertz CT molecular complexity index is 408. The first kappa shape index (κ1) is 13.6. The van der Waals surface area contributed by atoms with Crippen molar-refractivity contribution >= 4 is 0 Å². The quantitative estimate of drug-likeness (QED) is 0.864. The summed E-state index contributed by atoms with van der Waals surface area (Å²) in [7, 11) is 0. The highest BCUT2D eigenvalue weighted by Gasteiger charge is 2.38. The van der Waals surface area contributed by atoms with E-state index in [1.807, 2.05) is 0 Å². The predicted molar refractivity (Wildman–Crippen MR) is 75.9 cm³/mol. The van der Waals surface area contributed by atoms with Crippen LogP contribution in [0.4, 0.5) is 0 Å². The van der Waals surface area contributed by atoms with Gasteiger partial charge in [0.2, 0.25) is 0 Å². The Morgan fingerprint density at radius 1 is 1.06 bits per heavy atom. The van der Waals surface area contributed by atoms with Crippen LogP contribution >= 0.6 is 0 Å². The second-order valence-corrected chi connectivity index (χ2v) is 6.47. The molecule has 0 saturated carbocycles. The summed E-state index contributed by atoms with van der Waals surface area (Å²) >= 11 is 0. The highest BCUT2D eigenvalue weighted by molar-refractivity contribution is 5.29. The Kier molecular flexibility index (Phi) is 3.52. The summed E-state index contributed by atoms with van der Waals surface area (Å²) in [4.78, 5) is 0. The molecule has 0 amide bonds. The summed E-state index contributed by atoms with van der Waals surface area (Å²) in [6, 6.07) is 8.85. The van der Waals surface area contributed by atoms with Crippen LogP contribution in [0.1, 0.15) is 51.7 Å². The third kappa shape index (κ3) is 2.76. The number of morpholine rings is 1. The van der Waals surface area contributed by atoms with Gasteiger partial charge in [0.05, 0.1) is 5.60 Å². The maximum Gasteiger partial charge on any atom is 0.103 e. The number of ether oxygens (including phenoxy) is 1. The van der Waals surface area contributed by atoms with Gasteiger partial charge in [0.1, 0.15) is 5.60 Å². The fraction of sp³-hybridized carbons (Fsp3) is 0.625. The van der Waals surface area contributed by atoms with Gasteiger partial charge in [0, 0.05) is 13.1 Å². The first-order valence-electron chi connectivity index (χ1n) is 6.84. The topological polar surface area (TPSA) is 21.3 Å². The molecule has 2 heteroatoms. The molecule has 2 nitrogen and oxygen atoms in total. The molecule has 1 aromatic rings. The fourth-order valence-electron chi connectivity index (χ4n) is 2.67. The molecule has 1 atom stereocenters. The van der Waals surface area contributed by atoms with Gasteiger partial charge in [-0.05, 0) is 37.8 Å². The van der Waals surface area contributed by atoms with Gasteiger partial charge in [-0.3, -0.25) is 0 Å². The zero-order valence-electron chi connectivity index (χ0n) is 12.2. The maximum atomic E-state index is 6.29. The van der Waals surface area contributed by atoms with E-state index in [1.54, 1.807) is 0 Å². The van der Waals surface area contributed by atoms with Crippen LogP contribution in [0.15, 0.2) is 24.3 Å². The molecule has 1 heterocycles. The van der Waals surface area contributed by atoms with Crippen molar-refractivity contribution in [2.45, 2.75) is 51.7 Å². The average molecular weight is 247 g/mol. The number of rotatable bonds is 2. The predicted octanol–water partition coefficient (Wildman–Crippen LogP) is 3.42. The van der Waals surface area contributed by atoms with Gasteiger partial charge in [-0.2, -0.15) is 0 Å². The molecule has 1 saturated heterocycles. The lowest BCUT2D eigenvalue weighted by atomic mass is 9.90. The van der Waals surface area contributed by atoms with Gasteiger partial charge in [0.15, 0.2) is 0 Å². The van der Waals surface area contributed by atoms with Crippen LogP contribution in [0.3, 0.4) is 0 Å². The number of hydrogen-bond acceptors (Lipinski definition) is 2. The second-order valence-electron chi connectivity index (χ2n) is 6.47. The minimum Gasteiger partial charge on any atom is -0.362 e. The largest absolute Gasteiger partial charge is 0.362 e. The molecule has 1 unspecified atom stereocenters. The summed E-state index contributed by atoms with van der Waals surface area (Å²) in [6.07, 6.45) is 0. The highest BCUT2D eigenvalue weighted by atomic mass is 16.5. The normalized spacial score (nSPS) is 27.4. The third-order valence-electron chi connectivity index (χ3n) is 3.70. The van der Waals surface area contributed by atoms with Crippen LogP contribution in [0.25, 0.3) is 0 Å². The van der Waals surface area contributed by atoms with Crippen molar-refractivity contribution in [2.24, 2.45) is 0 Å². The molecule has 1 aliphatic rings. The molecule has 1 aromatic carbocycles. The Hall–Kier alpha value is -0.860. The van der Waals surface area contributed by atoms with Crippen LogP contribution < -0.4 is 5.32 Å². The maximum absolute atomic E-state index is 6.29. The molecule has 18 heavy (non-hydrogen) atoms. The van der Waals surface area contributed by atoms with Crippen LogP contribution in [-0.2, 0) is 10.3 Å². The van der Waals surface area contributed by atoms with E-state index in [2.05, 4.69) is 64.2 Å². The van der Waals surface area contributed by atoms with Gasteiger partial charge >= 0.3 is 0 Å². The lowest BCUT2D eigenvalue weighted by molar-refractivity contribution is -0.157. The molecule has 0 bridgehead atoms. The molecular weight excluding hydrogens is 222 g/mol. The van der Waals surface area contributed by atoms with Gasteiger partial charge in [-0.25, -0.2) is 0 Å². The van der Waals surface area contributed by atoms with E-state index in [-0.39, 0.29) is 11.2 Å². The zero-order chi connectivity index (χ0) is 13.4. The molecule has 1 N–H and O–H groups in total. The van der Waals surface area contributed by atoms with E-state index in [0.717, 1.165) is 13.1 Å². The van der Waals surface area contributed by atoms with E-state index >= 15 is 0 Å². The molecule has 0 aliphatic carbocycles. The van der Waals surface area contributed by atoms with Gasteiger partial charge in [-0.1, -0.05) is 38.1 Å². The highest BCUT2D eigenvalue weighted by Crippen LogP contribution is 2.33. The van der Waals surface area contributed by atoms with E-state index in [1.165, 1.54) is 11.1 Å². The minimum atomic E-state index is -0.225. The number of benzene rings is 1. The van der Waals surface area contributed by atoms with E-state index in [9.17, 15) is 0 Å². The first-order valence-corrected chi connectivity index (χ1v) is 6.84. The minimum absolute atomic E-state index is 0.107. The van der Waals surface area contributed by atoms with E-state index in [0.29, 0.717) is 5.92 Å². The van der Waals surface area contributed by atoms with Crippen molar-refractivity contribution in [1.82, 2.24) is 5.32 Å². The number of hydrogen-bond donors (Lipinski definition) is 1. The lowest BCUT2D eigenvalue weighted by Gasteiger charge is -2.44. The Morgan fingerprint density at radius 2 is 1.67 bits per heavy atom.